The fourth-order valence-corrected chi connectivity index (χ4v) is 2.94. The minimum absolute atomic E-state index is 0.185. The molecule has 1 aromatic rings. The second-order valence-corrected chi connectivity index (χ2v) is 6.23. The van der Waals surface area contributed by atoms with Gasteiger partial charge in [-0.3, -0.25) is 0 Å². The van der Waals surface area contributed by atoms with Crippen molar-refractivity contribution in [1.29, 1.82) is 0 Å². The monoisotopic (exact) mass is 320 g/mol. The van der Waals surface area contributed by atoms with Crippen molar-refractivity contribution >= 4 is 0 Å². The molecule has 0 radical (unpaired) electrons. The Bertz CT molecular complexity index is 515. The average Bonchev–Trinajstić information content (AvgIpc) is 3.00. The largest absolute Gasteiger partial charge is 0.374 e. The first-order chi connectivity index (χ1) is 11.1. The third-order valence-corrected chi connectivity index (χ3v) is 3.88. The van der Waals surface area contributed by atoms with Gasteiger partial charge >= 0.3 is 0 Å². The topological polar surface area (TPSA) is 46.2 Å². The molecule has 2 fully saturated rings. The molecular formula is C18H24O5. The van der Waals surface area contributed by atoms with E-state index in [0.29, 0.717) is 19.8 Å². The van der Waals surface area contributed by atoms with Gasteiger partial charge in [0.1, 0.15) is 18.3 Å². The summed E-state index contributed by atoms with van der Waals surface area (Å²) in [6.45, 7) is 8.85. The highest BCUT2D eigenvalue weighted by atomic mass is 16.8. The average molecular weight is 320 g/mol. The van der Waals surface area contributed by atoms with Crippen molar-refractivity contribution in [3.8, 4) is 0 Å². The molecule has 4 atom stereocenters. The molecule has 1 aromatic carbocycles. The lowest BCUT2D eigenvalue weighted by Crippen LogP contribution is -2.33. The maximum absolute atomic E-state index is 5.97. The molecule has 3 rings (SSSR count). The molecule has 0 bridgehead atoms. The molecule has 5 nitrogen and oxygen atoms in total. The lowest BCUT2D eigenvalue weighted by molar-refractivity contribution is -0.235. The van der Waals surface area contributed by atoms with Crippen molar-refractivity contribution in [2.24, 2.45) is 0 Å². The number of hydrogen-bond acceptors (Lipinski definition) is 5. The van der Waals surface area contributed by atoms with E-state index in [1.165, 1.54) is 0 Å². The van der Waals surface area contributed by atoms with E-state index in [0.717, 1.165) is 5.56 Å². The first-order valence-corrected chi connectivity index (χ1v) is 7.94. The Morgan fingerprint density at radius 2 is 1.91 bits per heavy atom. The van der Waals surface area contributed by atoms with Crippen molar-refractivity contribution in [3.63, 3.8) is 0 Å². The summed E-state index contributed by atoms with van der Waals surface area (Å²) in [5.41, 5.74) is 1.13. The van der Waals surface area contributed by atoms with Crippen LogP contribution in [0, 0.1) is 0 Å². The molecule has 2 aliphatic heterocycles. The summed E-state index contributed by atoms with van der Waals surface area (Å²) in [6, 6.07) is 10.0. The van der Waals surface area contributed by atoms with Crippen molar-refractivity contribution in [3.05, 3.63) is 48.6 Å². The molecule has 0 aromatic heterocycles. The maximum Gasteiger partial charge on any atom is 0.187 e. The smallest absolute Gasteiger partial charge is 0.187 e. The summed E-state index contributed by atoms with van der Waals surface area (Å²) >= 11 is 0. The number of rotatable bonds is 7. The molecule has 23 heavy (non-hydrogen) atoms. The zero-order valence-corrected chi connectivity index (χ0v) is 13.6. The fourth-order valence-electron chi connectivity index (χ4n) is 2.94. The Balaban J connectivity index is 1.57. The van der Waals surface area contributed by atoms with Crippen LogP contribution in [0.3, 0.4) is 0 Å². The van der Waals surface area contributed by atoms with Gasteiger partial charge in [0.05, 0.1) is 19.8 Å². The van der Waals surface area contributed by atoms with Gasteiger partial charge in [-0.1, -0.05) is 36.4 Å². The van der Waals surface area contributed by atoms with Crippen molar-refractivity contribution < 1.29 is 23.7 Å². The minimum Gasteiger partial charge on any atom is -0.374 e. The number of ether oxygens (including phenoxy) is 5. The van der Waals surface area contributed by atoms with Gasteiger partial charge < -0.3 is 23.7 Å². The molecule has 126 valence electrons. The van der Waals surface area contributed by atoms with Gasteiger partial charge in [-0.05, 0) is 19.4 Å². The SMILES string of the molecule is C=CCO[C@H]1O[C@H](COCc2ccccc2)[C@H]2OC(C)(C)O[C@@H]12. The Labute approximate surface area is 137 Å². The van der Waals surface area contributed by atoms with E-state index in [1.54, 1.807) is 6.08 Å². The van der Waals surface area contributed by atoms with E-state index in [9.17, 15) is 0 Å². The summed E-state index contributed by atoms with van der Waals surface area (Å²) in [6.07, 6.45) is 0.606. The van der Waals surface area contributed by atoms with Gasteiger partial charge in [0.15, 0.2) is 12.1 Å². The molecule has 0 N–H and O–H groups in total. The standard InChI is InChI=1S/C18H24O5/c1-4-10-20-17-16-15(22-18(2,3)23-16)14(21-17)12-19-11-13-8-6-5-7-9-13/h4-9,14-17H,1,10-12H2,2-3H3/t14-,15-,16-,17+/m1/s1. The number of hydrogen-bond donors (Lipinski definition) is 0. The van der Waals surface area contributed by atoms with Crippen molar-refractivity contribution in [2.75, 3.05) is 13.2 Å². The number of benzene rings is 1. The summed E-state index contributed by atoms with van der Waals surface area (Å²) in [5, 5.41) is 0. The van der Waals surface area contributed by atoms with Crippen LogP contribution >= 0.6 is 0 Å². The molecule has 0 amide bonds. The van der Waals surface area contributed by atoms with Crippen LogP contribution in [0.1, 0.15) is 19.4 Å². The summed E-state index contributed by atoms with van der Waals surface area (Å²) < 4.78 is 29.2. The highest BCUT2D eigenvalue weighted by molar-refractivity contribution is 5.13. The molecule has 0 unspecified atom stereocenters. The highest BCUT2D eigenvalue weighted by Crippen LogP contribution is 2.39. The van der Waals surface area contributed by atoms with Gasteiger partial charge in [0, 0.05) is 0 Å². The molecule has 0 aliphatic carbocycles. The van der Waals surface area contributed by atoms with Crippen LogP contribution in [0.2, 0.25) is 0 Å². The van der Waals surface area contributed by atoms with Gasteiger partial charge in [-0.2, -0.15) is 0 Å². The van der Waals surface area contributed by atoms with Gasteiger partial charge in [0.2, 0.25) is 0 Å². The predicted molar refractivity (Wildman–Crippen MR) is 84.7 cm³/mol. The van der Waals surface area contributed by atoms with Gasteiger partial charge in [-0.25, -0.2) is 0 Å². The molecule has 5 heteroatoms. The molecule has 2 heterocycles. The van der Waals surface area contributed by atoms with E-state index in [-0.39, 0.29) is 18.3 Å². The van der Waals surface area contributed by atoms with Crippen molar-refractivity contribution in [2.45, 2.75) is 50.8 Å². The van der Waals surface area contributed by atoms with Gasteiger partial charge in [0.25, 0.3) is 0 Å². The third kappa shape index (κ3) is 4.00. The van der Waals surface area contributed by atoms with Crippen LogP contribution in [-0.4, -0.2) is 43.6 Å². The second-order valence-electron chi connectivity index (χ2n) is 6.23. The third-order valence-electron chi connectivity index (χ3n) is 3.88. The molecule has 2 saturated heterocycles. The van der Waals surface area contributed by atoms with Crippen LogP contribution in [0.15, 0.2) is 43.0 Å². The first kappa shape index (κ1) is 16.6. The van der Waals surface area contributed by atoms with Crippen molar-refractivity contribution in [1.82, 2.24) is 0 Å². The Morgan fingerprint density at radius 1 is 1.17 bits per heavy atom. The zero-order valence-electron chi connectivity index (χ0n) is 13.6. The van der Waals surface area contributed by atoms with Crippen LogP contribution in [0.25, 0.3) is 0 Å². The molecular weight excluding hydrogens is 296 g/mol. The number of fused-ring (bicyclic) bond motifs is 1. The van der Waals surface area contributed by atoms with Crippen LogP contribution in [0.4, 0.5) is 0 Å². The molecule has 0 spiro atoms. The quantitative estimate of drug-likeness (QED) is 0.723. The van der Waals surface area contributed by atoms with E-state index in [4.69, 9.17) is 23.7 Å². The van der Waals surface area contributed by atoms with Crippen LogP contribution in [-0.2, 0) is 30.3 Å². The first-order valence-electron chi connectivity index (χ1n) is 7.94. The van der Waals surface area contributed by atoms with Gasteiger partial charge in [-0.15, -0.1) is 6.58 Å². The normalized spacial score (nSPS) is 31.9. The molecule has 0 saturated carbocycles. The zero-order chi connectivity index (χ0) is 16.3. The second kappa shape index (κ2) is 7.11. The van der Waals surface area contributed by atoms with E-state index >= 15 is 0 Å². The predicted octanol–water partition coefficient (Wildman–Crippen LogP) is 2.65. The van der Waals surface area contributed by atoms with Crippen LogP contribution in [0.5, 0.6) is 0 Å². The summed E-state index contributed by atoms with van der Waals surface area (Å²) in [7, 11) is 0. The lowest BCUT2D eigenvalue weighted by Gasteiger charge is -2.24. The minimum atomic E-state index is -0.632. The fraction of sp³-hybridized carbons (Fsp3) is 0.556. The summed E-state index contributed by atoms with van der Waals surface area (Å²) in [4.78, 5) is 0. The van der Waals surface area contributed by atoms with Crippen LogP contribution < -0.4 is 0 Å². The Hall–Kier alpha value is -1.24. The Kier molecular flexibility index (Phi) is 5.14. The maximum atomic E-state index is 5.97. The van der Waals surface area contributed by atoms with E-state index < -0.39 is 12.1 Å². The summed E-state index contributed by atoms with van der Waals surface area (Å²) in [5.74, 6) is -0.632. The Morgan fingerprint density at radius 3 is 2.65 bits per heavy atom. The van der Waals surface area contributed by atoms with E-state index in [2.05, 4.69) is 6.58 Å². The lowest BCUT2D eigenvalue weighted by atomic mass is 10.1. The highest BCUT2D eigenvalue weighted by Gasteiger charge is 2.55. The molecule has 2 aliphatic rings. The van der Waals surface area contributed by atoms with E-state index in [1.807, 2.05) is 44.2 Å².